The number of hydrogen-bond acceptors (Lipinski definition) is 0. The van der Waals surface area contributed by atoms with Gasteiger partial charge in [0.25, 0.3) is 0 Å². The lowest BCUT2D eigenvalue weighted by atomic mass is 9.89. The number of rotatable bonds is 0. The van der Waals surface area contributed by atoms with Gasteiger partial charge in [-0.05, 0) is 129 Å². The lowest BCUT2D eigenvalue weighted by Crippen LogP contribution is -2.01. The first kappa shape index (κ1) is 27.0. The molecule has 1 heteroatoms. The van der Waals surface area contributed by atoms with Crippen molar-refractivity contribution in [3.8, 4) is 0 Å². The van der Waals surface area contributed by atoms with Crippen LogP contribution in [0, 0.1) is 0 Å². The zero-order chi connectivity index (χ0) is 27.9. The molecule has 42 heavy (non-hydrogen) atoms. The van der Waals surface area contributed by atoms with Crippen LogP contribution in [0.15, 0.2) is 30.3 Å². The van der Waals surface area contributed by atoms with Crippen LogP contribution in [0.1, 0.15) is 143 Å². The molecule has 0 N–H and O–H groups in total. The number of fused-ring (bicyclic) bond motifs is 11. The Bertz CT molecular complexity index is 1710. The van der Waals surface area contributed by atoms with E-state index in [2.05, 4.69) is 34.7 Å². The number of aromatic nitrogens is 1. The first-order valence-corrected chi connectivity index (χ1v) is 18.2. The summed E-state index contributed by atoms with van der Waals surface area (Å²) in [6.07, 6.45) is 31.1. The topological polar surface area (TPSA) is 4.41 Å². The molecule has 0 radical (unpaired) electrons. The van der Waals surface area contributed by atoms with Crippen molar-refractivity contribution in [3.05, 3.63) is 63.7 Å². The van der Waals surface area contributed by atoms with Gasteiger partial charge in [0, 0.05) is 21.5 Å². The van der Waals surface area contributed by atoms with Gasteiger partial charge in [-0.15, -0.1) is 0 Å². The van der Waals surface area contributed by atoms with E-state index < -0.39 is 0 Å². The van der Waals surface area contributed by atoms with Crippen LogP contribution >= 0.6 is 0 Å². The molecule has 0 saturated heterocycles. The van der Waals surface area contributed by atoms with Crippen molar-refractivity contribution in [1.29, 1.82) is 0 Å². The molecule has 3 aliphatic rings. The maximum absolute atomic E-state index is 2.83. The third-order valence-electron chi connectivity index (χ3n) is 11.6. The summed E-state index contributed by atoms with van der Waals surface area (Å²) in [4.78, 5) is 0. The third kappa shape index (κ3) is 4.74. The molecule has 8 rings (SSSR count). The zero-order valence-corrected chi connectivity index (χ0v) is 26.1. The van der Waals surface area contributed by atoms with Crippen LogP contribution < -0.4 is 0 Å². The number of hydrogen-bond donors (Lipinski definition) is 0. The zero-order valence-electron chi connectivity index (χ0n) is 26.1. The average Bonchev–Trinajstić information content (AvgIpc) is 3.55. The predicted octanol–water partition coefficient (Wildman–Crippen LogP) is 11.8. The van der Waals surface area contributed by atoms with E-state index in [1.54, 1.807) is 66.0 Å². The minimum Gasteiger partial charge on any atom is -0.308 e. The van der Waals surface area contributed by atoms with Crippen molar-refractivity contribution in [3.63, 3.8) is 0 Å². The Morgan fingerprint density at radius 1 is 0.357 bits per heavy atom. The Balaban J connectivity index is 1.47. The van der Waals surface area contributed by atoms with Gasteiger partial charge >= 0.3 is 0 Å². The largest absolute Gasteiger partial charge is 0.308 e. The molecule has 2 aromatic heterocycles. The molecule has 3 aliphatic carbocycles. The number of aryl methyl sites for hydroxylation is 6. The van der Waals surface area contributed by atoms with Gasteiger partial charge in [-0.2, -0.15) is 0 Å². The monoisotopic (exact) mass is 557 g/mol. The number of benzene rings is 3. The molecule has 220 valence electrons. The molecule has 0 saturated carbocycles. The van der Waals surface area contributed by atoms with Crippen molar-refractivity contribution in [2.24, 2.45) is 0 Å². The summed E-state index contributed by atoms with van der Waals surface area (Å²) in [7, 11) is 0. The van der Waals surface area contributed by atoms with Crippen molar-refractivity contribution in [2.45, 2.75) is 148 Å². The Hall–Kier alpha value is -2.54. The predicted molar refractivity (Wildman–Crippen MR) is 182 cm³/mol. The van der Waals surface area contributed by atoms with Gasteiger partial charge < -0.3 is 4.40 Å². The summed E-state index contributed by atoms with van der Waals surface area (Å²) >= 11 is 0. The van der Waals surface area contributed by atoms with Gasteiger partial charge in [-0.1, -0.05) is 82.8 Å². The molecule has 5 aromatic rings. The van der Waals surface area contributed by atoms with E-state index in [0.717, 1.165) is 0 Å². The van der Waals surface area contributed by atoms with Crippen LogP contribution in [0.5, 0.6) is 0 Å². The summed E-state index contributed by atoms with van der Waals surface area (Å²) in [6, 6.07) is 13.2. The van der Waals surface area contributed by atoms with Gasteiger partial charge in [0.1, 0.15) is 0 Å². The molecule has 0 spiro atoms. The first-order chi connectivity index (χ1) is 20.9. The van der Waals surface area contributed by atoms with Gasteiger partial charge in [0.15, 0.2) is 0 Å². The maximum atomic E-state index is 2.83. The smallest absolute Gasteiger partial charge is 0.0623 e. The van der Waals surface area contributed by atoms with E-state index in [9.17, 15) is 0 Å². The van der Waals surface area contributed by atoms with Crippen LogP contribution in [0.3, 0.4) is 0 Å². The molecule has 0 atom stereocenters. The molecule has 0 amide bonds. The molecule has 0 fully saturated rings. The second-order valence-corrected chi connectivity index (χ2v) is 14.4. The maximum Gasteiger partial charge on any atom is 0.0623 e. The molecule has 2 heterocycles. The van der Waals surface area contributed by atoms with Gasteiger partial charge in [0.05, 0.1) is 16.6 Å². The van der Waals surface area contributed by atoms with Crippen LogP contribution in [0.25, 0.3) is 38.1 Å². The van der Waals surface area contributed by atoms with E-state index >= 15 is 0 Å². The van der Waals surface area contributed by atoms with Gasteiger partial charge in [-0.25, -0.2) is 0 Å². The van der Waals surface area contributed by atoms with Gasteiger partial charge in [-0.3, -0.25) is 0 Å². The van der Waals surface area contributed by atoms with Crippen molar-refractivity contribution in [1.82, 2.24) is 4.40 Å². The van der Waals surface area contributed by atoms with E-state index in [1.807, 2.05) is 0 Å². The fraction of sp³-hybridized carbons (Fsp3) is 0.561. The molecule has 0 aliphatic heterocycles. The lowest BCUT2D eigenvalue weighted by Gasteiger charge is -2.16. The SMILES string of the molecule is c1cc2c3c4c(cc5c6cc7c(cc6n(c2c2c1CCCCCCCC2)c53)CCCCCCCC7)CCCCCCC4. The Labute approximate surface area is 253 Å². The summed E-state index contributed by atoms with van der Waals surface area (Å²) in [5.41, 5.74) is 14.7. The average molecular weight is 558 g/mol. The fourth-order valence-electron chi connectivity index (χ4n) is 9.36. The van der Waals surface area contributed by atoms with Crippen LogP contribution in [-0.2, 0) is 38.5 Å². The molecule has 3 aromatic carbocycles. The standard InChI is InChI=1S/C41H51N/c1-2-8-14-20-31-28-38-36(26-30(31)19-13-7-1)37-27-32-21-15-9-5-11-16-22-33(32)39-35-25-24-29-18-12-6-3-4-10-17-23-34(29)40(35)42(38)41(37)39/h24-28H,1-23H2. The summed E-state index contributed by atoms with van der Waals surface area (Å²) < 4.78 is 2.83. The molecular formula is C41H51N. The Kier molecular flexibility index (Phi) is 7.64. The normalized spacial score (nSPS) is 20.1. The van der Waals surface area contributed by atoms with E-state index in [0.29, 0.717) is 0 Å². The van der Waals surface area contributed by atoms with E-state index in [4.69, 9.17) is 0 Å². The van der Waals surface area contributed by atoms with Crippen molar-refractivity contribution < 1.29 is 0 Å². The van der Waals surface area contributed by atoms with E-state index in [-0.39, 0.29) is 0 Å². The van der Waals surface area contributed by atoms with E-state index in [1.165, 1.54) is 153 Å². The Morgan fingerprint density at radius 2 is 0.857 bits per heavy atom. The molecule has 1 nitrogen and oxygen atoms in total. The van der Waals surface area contributed by atoms with Crippen molar-refractivity contribution >= 4 is 38.1 Å². The summed E-state index contributed by atoms with van der Waals surface area (Å²) in [6.45, 7) is 0. The highest BCUT2D eigenvalue weighted by molar-refractivity contribution is 6.25. The second kappa shape index (κ2) is 11.9. The minimum atomic E-state index is 1.25. The highest BCUT2D eigenvalue weighted by Crippen LogP contribution is 2.46. The third-order valence-corrected chi connectivity index (χ3v) is 11.6. The highest BCUT2D eigenvalue weighted by Gasteiger charge is 2.26. The summed E-state index contributed by atoms with van der Waals surface area (Å²) in [5.74, 6) is 0. The minimum absolute atomic E-state index is 1.25. The van der Waals surface area contributed by atoms with Crippen LogP contribution in [-0.4, -0.2) is 4.40 Å². The summed E-state index contributed by atoms with van der Waals surface area (Å²) in [5, 5.41) is 6.32. The molecular weight excluding hydrogens is 506 g/mol. The van der Waals surface area contributed by atoms with Crippen LogP contribution in [0.4, 0.5) is 0 Å². The first-order valence-electron chi connectivity index (χ1n) is 18.2. The highest BCUT2D eigenvalue weighted by atomic mass is 14.9. The molecule has 0 bridgehead atoms. The van der Waals surface area contributed by atoms with Gasteiger partial charge in [0.2, 0.25) is 0 Å². The quantitative estimate of drug-likeness (QED) is 0.178. The van der Waals surface area contributed by atoms with Crippen LogP contribution in [0.2, 0.25) is 0 Å². The number of nitrogens with zero attached hydrogens (tertiary/aromatic N) is 1. The lowest BCUT2D eigenvalue weighted by molar-refractivity contribution is 0.581. The second-order valence-electron chi connectivity index (χ2n) is 14.4. The van der Waals surface area contributed by atoms with Crippen molar-refractivity contribution in [2.75, 3.05) is 0 Å². The molecule has 0 unspecified atom stereocenters. The Morgan fingerprint density at radius 3 is 1.52 bits per heavy atom. The fourth-order valence-corrected chi connectivity index (χ4v) is 9.36.